The van der Waals surface area contributed by atoms with Crippen LogP contribution in [0.2, 0.25) is 0 Å². The van der Waals surface area contributed by atoms with E-state index < -0.39 is 22.5 Å². The summed E-state index contributed by atoms with van der Waals surface area (Å²) in [5.41, 5.74) is 1.43. The van der Waals surface area contributed by atoms with E-state index in [-0.39, 0.29) is 34.0 Å². The van der Waals surface area contributed by atoms with Crippen LogP contribution in [0.1, 0.15) is 10.5 Å². The second kappa shape index (κ2) is 11.1. The number of ether oxygens (including phenoxy) is 3. The number of sulfonamides is 1. The first-order valence-electron chi connectivity index (χ1n) is 10.7. The fourth-order valence-corrected chi connectivity index (χ4v) is 4.15. The molecule has 15 heteroatoms. The molecule has 0 saturated heterocycles. The largest absolute Gasteiger partial charge is 0.481 e. The van der Waals surface area contributed by atoms with Crippen molar-refractivity contribution in [2.45, 2.75) is 11.5 Å². The van der Waals surface area contributed by atoms with Gasteiger partial charge in [0.25, 0.3) is 15.9 Å². The molecule has 2 aromatic heterocycles. The van der Waals surface area contributed by atoms with E-state index in [9.17, 15) is 22.0 Å². The van der Waals surface area contributed by atoms with Crippen molar-refractivity contribution in [3.8, 4) is 28.9 Å². The summed E-state index contributed by atoms with van der Waals surface area (Å²) >= 11 is 0. The SMILES string of the molecule is COc1cc(NS(=O)(=O)c2ccc(NC(=O)c3cc(-c4ccc(OC(F)F)cc4)n[nH]3)cc2)nc(OC)n1. The van der Waals surface area contributed by atoms with Gasteiger partial charge in [-0.15, -0.1) is 0 Å². The normalized spacial score (nSPS) is 11.2. The highest BCUT2D eigenvalue weighted by molar-refractivity contribution is 7.92. The van der Waals surface area contributed by atoms with Crippen LogP contribution in [0.25, 0.3) is 11.3 Å². The van der Waals surface area contributed by atoms with Gasteiger partial charge in [0.1, 0.15) is 11.4 Å². The third-order valence-electron chi connectivity index (χ3n) is 4.93. The van der Waals surface area contributed by atoms with Gasteiger partial charge in [-0.1, -0.05) is 0 Å². The molecule has 4 rings (SSSR count). The van der Waals surface area contributed by atoms with Gasteiger partial charge in [0.05, 0.1) is 24.8 Å². The van der Waals surface area contributed by atoms with E-state index in [1.54, 1.807) is 0 Å². The van der Waals surface area contributed by atoms with Gasteiger partial charge < -0.3 is 19.5 Å². The molecule has 0 saturated carbocycles. The molecular formula is C23H20F2N6O6S. The van der Waals surface area contributed by atoms with Crippen molar-refractivity contribution in [3.05, 3.63) is 66.4 Å². The third-order valence-corrected chi connectivity index (χ3v) is 6.30. The molecule has 38 heavy (non-hydrogen) atoms. The van der Waals surface area contributed by atoms with Crippen molar-refractivity contribution >= 4 is 27.4 Å². The van der Waals surface area contributed by atoms with Gasteiger partial charge in [0, 0.05) is 17.3 Å². The highest BCUT2D eigenvalue weighted by atomic mass is 32.2. The summed E-state index contributed by atoms with van der Waals surface area (Å²) in [6, 6.07) is 13.9. The molecule has 3 N–H and O–H groups in total. The summed E-state index contributed by atoms with van der Waals surface area (Å²) in [6.07, 6.45) is 0. The van der Waals surface area contributed by atoms with E-state index >= 15 is 0 Å². The van der Waals surface area contributed by atoms with Crippen molar-refractivity contribution in [1.29, 1.82) is 0 Å². The maximum atomic E-state index is 12.8. The molecular weight excluding hydrogens is 526 g/mol. The predicted octanol–water partition coefficient (Wildman–Crippen LogP) is 3.54. The van der Waals surface area contributed by atoms with Gasteiger partial charge in [-0.25, -0.2) is 8.42 Å². The first kappa shape index (κ1) is 26.3. The minimum atomic E-state index is -4.03. The Morgan fingerprint density at radius 1 is 0.974 bits per heavy atom. The Balaban J connectivity index is 1.42. The smallest absolute Gasteiger partial charge is 0.387 e. The Bertz CT molecular complexity index is 1510. The van der Waals surface area contributed by atoms with Crippen LogP contribution < -0.4 is 24.2 Å². The van der Waals surface area contributed by atoms with Crippen molar-refractivity contribution in [3.63, 3.8) is 0 Å². The lowest BCUT2D eigenvalue weighted by molar-refractivity contribution is -0.0498. The van der Waals surface area contributed by atoms with E-state index in [1.165, 1.54) is 74.9 Å². The minimum Gasteiger partial charge on any atom is -0.481 e. The van der Waals surface area contributed by atoms with Crippen LogP contribution >= 0.6 is 0 Å². The number of carbonyl (C=O) groups is 1. The highest BCUT2D eigenvalue weighted by Crippen LogP contribution is 2.24. The van der Waals surface area contributed by atoms with Crippen LogP contribution in [0.3, 0.4) is 0 Å². The van der Waals surface area contributed by atoms with Gasteiger partial charge >= 0.3 is 12.6 Å². The zero-order chi connectivity index (χ0) is 27.3. The number of halogens is 2. The summed E-state index contributed by atoms with van der Waals surface area (Å²) in [5, 5.41) is 9.29. The number of nitrogens with one attached hydrogen (secondary N) is 3. The van der Waals surface area contributed by atoms with Gasteiger partial charge in [-0.05, 0) is 54.6 Å². The Morgan fingerprint density at radius 2 is 1.68 bits per heavy atom. The number of methoxy groups -OCH3 is 2. The molecule has 0 aliphatic heterocycles. The fourth-order valence-electron chi connectivity index (χ4n) is 3.16. The molecule has 0 aliphatic rings. The highest BCUT2D eigenvalue weighted by Gasteiger charge is 2.18. The number of hydrogen-bond donors (Lipinski definition) is 3. The lowest BCUT2D eigenvalue weighted by Crippen LogP contribution is -2.15. The van der Waals surface area contributed by atoms with E-state index in [4.69, 9.17) is 9.47 Å². The van der Waals surface area contributed by atoms with Gasteiger partial charge in [0.15, 0.2) is 5.82 Å². The molecule has 0 bridgehead atoms. The zero-order valence-corrected chi connectivity index (χ0v) is 20.6. The van der Waals surface area contributed by atoms with E-state index in [1.807, 2.05) is 0 Å². The number of anilines is 2. The van der Waals surface area contributed by atoms with Crippen molar-refractivity contribution in [1.82, 2.24) is 20.2 Å². The maximum absolute atomic E-state index is 12.8. The number of alkyl halides is 2. The number of rotatable bonds is 10. The second-order valence-electron chi connectivity index (χ2n) is 7.44. The third kappa shape index (κ3) is 6.31. The van der Waals surface area contributed by atoms with Crippen molar-refractivity contribution in [2.75, 3.05) is 24.3 Å². The molecule has 2 aromatic carbocycles. The van der Waals surface area contributed by atoms with E-state index in [0.717, 1.165) is 0 Å². The zero-order valence-electron chi connectivity index (χ0n) is 19.8. The molecule has 0 fully saturated rings. The van der Waals surface area contributed by atoms with Crippen LogP contribution in [0.4, 0.5) is 20.3 Å². The summed E-state index contributed by atoms with van der Waals surface area (Å²) in [6.45, 7) is -2.93. The Labute approximate surface area is 215 Å². The number of aromatic amines is 1. The van der Waals surface area contributed by atoms with Crippen LogP contribution in [0.5, 0.6) is 17.6 Å². The minimum absolute atomic E-state index is 0.00518. The molecule has 0 aliphatic carbocycles. The number of carbonyl (C=O) groups excluding carboxylic acids is 1. The van der Waals surface area contributed by atoms with E-state index in [0.29, 0.717) is 16.9 Å². The lowest BCUT2D eigenvalue weighted by Gasteiger charge is -2.10. The topological polar surface area (TPSA) is 157 Å². The first-order valence-corrected chi connectivity index (χ1v) is 12.2. The monoisotopic (exact) mass is 546 g/mol. The molecule has 2 heterocycles. The van der Waals surface area contributed by atoms with Gasteiger partial charge in [-0.3, -0.25) is 14.6 Å². The number of aromatic nitrogens is 4. The lowest BCUT2D eigenvalue weighted by atomic mass is 10.1. The summed E-state index contributed by atoms with van der Waals surface area (Å²) in [4.78, 5) is 20.4. The number of benzene rings is 2. The Hall–Kier alpha value is -4.79. The van der Waals surface area contributed by atoms with E-state index in [2.05, 4.69) is 34.9 Å². The van der Waals surface area contributed by atoms with Gasteiger partial charge in [0.2, 0.25) is 5.88 Å². The average Bonchev–Trinajstić information content (AvgIpc) is 3.39. The van der Waals surface area contributed by atoms with Crippen molar-refractivity contribution in [2.24, 2.45) is 0 Å². The molecule has 0 spiro atoms. The predicted molar refractivity (Wildman–Crippen MR) is 131 cm³/mol. The van der Waals surface area contributed by atoms with Crippen LogP contribution in [0, 0.1) is 0 Å². The molecule has 0 atom stereocenters. The quantitative estimate of drug-likeness (QED) is 0.271. The van der Waals surface area contributed by atoms with Gasteiger partial charge in [-0.2, -0.15) is 23.8 Å². The number of amides is 1. The molecule has 4 aromatic rings. The second-order valence-corrected chi connectivity index (χ2v) is 9.12. The molecule has 12 nitrogen and oxygen atoms in total. The van der Waals surface area contributed by atoms with Crippen LogP contribution in [-0.2, 0) is 10.0 Å². The molecule has 0 radical (unpaired) electrons. The average molecular weight is 547 g/mol. The summed E-state index contributed by atoms with van der Waals surface area (Å²) in [5.74, 6) is -0.491. The maximum Gasteiger partial charge on any atom is 0.387 e. The molecule has 1 amide bonds. The molecule has 198 valence electrons. The number of nitrogens with zero attached hydrogens (tertiary/aromatic N) is 3. The summed E-state index contributed by atoms with van der Waals surface area (Å²) in [7, 11) is -1.34. The van der Waals surface area contributed by atoms with Crippen LogP contribution in [-0.4, -0.2) is 55.3 Å². The number of hydrogen-bond acceptors (Lipinski definition) is 9. The van der Waals surface area contributed by atoms with Crippen LogP contribution in [0.15, 0.2) is 65.6 Å². The number of H-pyrrole nitrogens is 1. The fraction of sp³-hybridized carbons (Fsp3) is 0.130. The summed E-state index contributed by atoms with van der Waals surface area (Å²) < 4.78 is 66.7. The Kier molecular flexibility index (Phi) is 7.66. The van der Waals surface area contributed by atoms with Crippen molar-refractivity contribution < 1.29 is 36.2 Å². The standard InChI is InChI=1S/C23H20F2N6O6S/c1-35-20-12-19(27-23(28-20)36-2)31-38(33,34)16-9-5-14(6-10-16)26-21(32)18-11-17(29-30-18)13-3-7-15(8-4-13)37-22(24)25/h3-12,22H,1-2H3,(H,26,32)(H,29,30)(H,27,28,31). The first-order chi connectivity index (χ1) is 18.2. The Morgan fingerprint density at radius 3 is 2.32 bits per heavy atom. The molecule has 0 unspecified atom stereocenters.